The lowest BCUT2D eigenvalue weighted by Crippen LogP contribution is -2.50. The molecule has 1 unspecified atom stereocenters. The van der Waals surface area contributed by atoms with Gasteiger partial charge in [0.15, 0.2) is 0 Å². The second-order valence-corrected chi connectivity index (χ2v) is 6.07. The zero-order valence-corrected chi connectivity index (χ0v) is 13.7. The monoisotopic (exact) mass is 308 g/mol. The summed E-state index contributed by atoms with van der Waals surface area (Å²) in [6.07, 6.45) is 0. The van der Waals surface area contributed by atoms with E-state index >= 15 is 0 Å². The largest absolute Gasteiger partial charge is 0.494 e. The highest BCUT2D eigenvalue weighted by molar-refractivity contribution is 5.27. The second kappa shape index (κ2) is 8.48. The van der Waals surface area contributed by atoms with E-state index in [1.165, 1.54) is 5.56 Å². The quantitative estimate of drug-likeness (QED) is 0.757. The molecule has 0 bridgehead atoms. The van der Waals surface area contributed by atoms with Crippen LogP contribution in [-0.4, -0.2) is 61.6 Å². The van der Waals surface area contributed by atoms with Crippen LogP contribution in [0, 0.1) is 0 Å². The number of β-amino-alcohol motifs (C(OH)–C–C–N with tert-alkyl or cyclic N) is 1. The van der Waals surface area contributed by atoms with Crippen molar-refractivity contribution in [2.75, 3.05) is 46.0 Å². The van der Waals surface area contributed by atoms with Gasteiger partial charge in [-0.1, -0.05) is 12.1 Å². The van der Waals surface area contributed by atoms with Crippen molar-refractivity contribution >= 4 is 0 Å². The molecule has 1 saturated heterocycles. The third-order valence-corrected chi connectivity index (χ3v) is 3.74. The van der Waals surface area contributed by atoms with E-state index in [2.05, 4.69) is 22.3 Å². The van der Waals surface area contributed by atoms with Gasteiger partial charge in [-0.05, 0) is 31.5 Å². The molecule has 5 nitrogen and oxygen atoms in total. The summed E-state index contributed by atoms with van der Waals surface area (Å²) in [4.78, 5) is 2.25. The van der Waals surface area contributed by atoms with Crippen LogP contribution in [0.3, 0.4) is 0 Å². The van der Waals surface area contributed by atoms with Gasteiger partial charge in [-0.25, -0.2) is 0 Å². The van der Waals surface area contributed by atoms with E-state index in [0.717, 1.165) is 38.6 Å². The molecule has 0 amide bonds. The number of benzene rings is 1. The molecule has 2 N–H and O–H groups in total. The van der Waals surface area contributed by atoms with Crippen molar-refractivity contribution in [1.82, 2.24) is 10.2 Å². The minimum Gasteiger partial charge on any atom is -0.494 e. The van der Waals surface area contributed by atoms with Gasteiger partial charge in [-0.2, -0.15) is 0 Å². The number of nitrogens with zero attached hydrogens (tertiary/aromatic N) is 1. The Bertz CT molecular complexity index is 428. The summed E-state index contributed by atoms with van der Waals surface area (Å²) in [5, 5.41) is 13.8. The van der Waals surface area contributed by atoms with Gasteiger partial charge in [-0.15, -0.1) is 0 Å². The lowest BCUT2D eigenvalue weighted by atomic mass is 10.1. The van der Waals surface area contributed by atoms with E-state index in [1.54, 1.807) is 0 Å². The molecule has 1 fully saturated rings. The van der Waals surface area contributed by atoms with Gasteiger partial charge in [0, 0.05) is 32.7 Å². The smallest absolute Gasteiger partial charge is 0.119 e. The number of morpholine rings is 1. The van der Waals surface area contributed by atoms with E-state index in [-0.39, 0.29) is 0 Å². The van der Waals surface area contributed by atoms with Crippen LogP contribution >= 0.6 is 0 Å². The maximum absolute atomic E-state index is 10.5. The van der Waals surface area contributed by atoms with Crippen LogP contribution in [0.25, 0.3) is 0 Å². The predicted molar refractivity (Wildman–Crippen MR) is 87.2 cm³/mol. The first kappa shape index (κ1) is 17.2. The summed E-state index contributed by atoms with van der Waals surface area (Å²) in [5.74, 6) is 0.894. The first-order valence-corrected chi connectivity index (χ1v) is 8.04. The number of rotatable bonds is 8. The predicted octanol–water partition coefficient (Wildman–Crippen LogP) is 1.26. The highest BCUT2D eigenvalue weighted by Gasteiger charge is 2.24. The summed E-state index contributed by atoms with van der Waals surface area (Å²) in [5.41, 5.74) is 0.452. The maximum atomic E-state index is 10.5. The number of ether oxygens (including phenoxy) is 2. The summed E-state index contributed by atoms with van der Waals surface area (Å²) < 4.78 is 10.8. The Balaban J connectivity index is 1.71. The molecule has 2 rings (SSSR count). The van der Waals surface area contributed by atoms with E-state index < -0.39 is 5.60 Å². The van der Waals surface area contributed by atoms with Crippen molar-refractivity contribution in [3.05, 3.63) is 29.8 Å². The Labute approximate surface area is 133 Å². The fourth-order valence-electron chi connectivity index (χ4n) is 2.64. The highest BCUT2D eigenvalue weighted by atomic mass is 16.5. The van der Waals surface area contributed by atoms with Crippen LogP contribution in [0.15, 0.2) is 24.3 Å². The molecule has 0 radical (unpaired) electrons. The Morgan fingerprint density at radius 3 is 2.59 bits per heavy atom. The first-order valence-electron chi connectivity index (χ1n) is 8.04. The Kier molecular flexibility index (Phi) is 6.64. The van der Waals surface area contributed by atoms with Gasteiger partial charge in [0.25, 0.3) is 0 Å². The van der Waals surface area contributed by atoms with Crippen molar-refractivity contribution in [2.45, 2.75) is 26.0 Å². The van der Waals surface area contributed by atoms with Crippen LogP contribution in [0.4, 0.5) is 0 Å². The summed E-state index contributed by atoms with van der Waals surface area (Å²) in [6, 6.07) is 8.06. The summed E-state index contributed by atoms with van der Waals surface area (Å²) in [7, 11) is 0. The van der Waals surface area contributed by atoms with Gasteiger partial charge >= 0.3 is 0 Å². The third kappa shape index (κ3) is 5.93. The topological polar surface area (TPSA) is 54.0 Å². The molecule has 1 atom stereocenters. The molecule has 0 saturated carbocycles. The van der Waals surface area contributed by atoms with Crippen molar-refractivity contribution in [3.8, 4) is 5.75 Å². The van der Waals surface area contributed by atoms with Crippen LogP contribution < -0.4 is 10.1 Å². The Morgan fingerprint density at radius 1 is 1.27 bits per heavy atom. The number of hydrogen-bond acceptors (Lipinski definition) is 5. The maximum Gasteiger partial charge on any atom is 0.119 e. The van der Waals surface area contributed by atoms with Crippen molar-refractivity contribution < 1.29 is 14.6 Å². The average molecular weight is 308 g/mol. The SMILES string of the molecule is CCOc1ccc(CNCC(C)(O)CN2CCOCC2)cc1. The van der Waals surface area contributed by atoms with E-state index in [0.29, 0.717) is 19.7 Å². The molecule has 1 aromatic carbocycles. The van der Waals surface area contributed by atoms with Gasteiger partial charge in [-0.3, -0.25) is 4.90 Å². The van der Waals surface area contributed by atoms with Crippen LogP contribution in [0.5, 0.6) is 5.75 Å². The molecule has 1 aliphatic rings. The van der Waals surface area contributed by atoms with Crippen LogP contribution in [0.2, 0.25) is 0 Å². The fraction of sp³-hybridized carbons (Fsp3) is 0.647. The molecule has 124 valence electrons. The van der Waals surface area contributed by atoms with Crippen LogP contribution in [-0.2, 0) is 11.3 Å². The normalized spacial score (nSPS) is 18.9. The standard InChI is InChI=1S/C17H28N2O3/c1-3-22-16-6-4-15(5-7-16)12-18-13-17(2,20)14-19-8-10-21-11-9-19/h4-7,18,20H,3,8-14H2,1-2H3. The van der Waals surface area contributed by atoms with E-state index in [1.807, 2.05) is 26.0 Å². The summed E-state index contributed by atoms with van der Waals surface area (Å²) in [6.45, 7) is 9.84. The van der Waals surface area contributed by atoms with Crippen molar-refractivity contribution in [2.24, 2.45) is 0 Å². The summed E-state index contributed by atoms with van der Waals surface area (Å²) >= 11 is 0. The van der Waals surface area contributed by atoms with Crippen molar-refractivity contribution in [1.29, 1.82) is 0 Å². The second-order valence-electron chi connectivity index (χ2n) is 6.07. The minimum atomic E-state index is -0.734. The molecule has 1 heterocycles. The molecule has 0 spiro atoms. The van der Waals surface area contributed by atoms with Crippen LogP contribution in [0.1, 0.15) is 19.4 Å². The number of aliphatic hydroxyl groups is 1. The molecule has 5 heteroatoms. The molecule has 0 aliphatic carbocycles. The molecular weight excluding hydrogens is 280 g/mol. The molecule has 1 aromatic rings. The average Bonchev–Trinajstić information content (AvgIpc) is 2.50. The fourth-order valence-corrected chi connectivity index (χ4v) is 2.64. The number of nitrogens with one attached hydrogen (secondary N) is 1. The molecule has 0 aromatic heterocycles. The lowest BCUT2D eigenvalue weighted by Gasteiger charge is -2.34. The van der Waals surface area contributed by atoms with E-state index in [4.69, 9.17) is 9.47 Å². The zero-order valence-electron chi connectivity index (χ0n) is 13.7. The van der Waals surface area contributed by atoms with Crippen molar-refractivity contribution in [3.63, 3.8) is 0 Å². The molecular formula is C17H28N2O3. The Morgan fingerprint density at radius 2 is 1.95 bits per heavy atom. The highest BCUT2D eigenvalue weighted by Crippen LogP contribution is 2.12. The van der Waals surface area contributed by atoms with Gasteiger partial charge in [0.05, 0.1) is 25.4 Å². The first-order chi connectivity index (χ1) is 10.6. The third-order valence-electron chi connectivity index (χ3n) is 3.74. The van der Waals surface area contributed by atoms with Gasteiger partial charge < -0.3 is 19.9 Å². The minimum absolute atomic E-state index is 0.567. The lowest BCUT2D eigenvalue weighted by molar-refractivity contribution is -0.0219. The molecule has 22 heavy (non-hydrogen) atoms. The van der Waals surface area contributed by atoms with E-state index in [9.17, 15) is 5.11 Å². The van der Waals surface area contributed by atoms with Gasteiger partial charge in [0.2, 0.25) is 0 Å². The Hall–Kier alpha value is -1.14. The number of hydrogen-bond donors (Lipinski definition) is 2. The molecule has 1 aliphatic heterocycles. The van der Waals surface area contributed by atoms with Gasteiger partial charge in [0.1, 0.15) is 5.75 Å². The zero-order chi connectivity index (χ0) is 15.8.